The highest BCUT2D eigenvalue weighted by molar-refractivity contribution is 5.60. The van der Waals surface area contributed by atoms with Crippen molar-refractivity contribution in [1.29, 1.82) is 5.26 Å². The minimum Gasteiger partial charge on any atom is -0.508 e. The van der Waals surface area contributed by atoms with Crippen LogP contribution in [0, 0.1) is 11.3 Å². The molecule has 0 fully saturated rings. The van der Waals surface area contributed by atoms with Gasteiger partial charge in [0.1, 0.15) is 17.6 Å². The van der Waals surface area contributed by atoms with Crippen LogP contribution in [-0.4, -0.2) is 10.1 Å². The Bertz CT molecular complexity index is 990. The largest absolute Gasteiger partial charge is 0.508 e. The molecular formula is C25H26N2O2. The van der Waals surface area contributed by atoms with Crippen LogP contribution in [0.1, 0.15) is 56.0 Å². The molecule has 0 aliphatic rings. The molecule has 1 atom stereocenters. The molecule has 148 valence electrons. The van der Waals surface area contributed by atoms with E-state index >= 15 is 0 Å². The molecule has 0 bridgehead atoms. The van der Waals surface area contributed by atoms with Gasteiger partial charge in [-0.1, -0.05) is 38.5 Å². The molecule has 0 saturated carbocycles. The number of ether oxygens (including phenoxy) is 1. The minimum atomic E-state index is -0.164. The number of aromatic hydroxyl groups is 1. The first-order valence-electron chi connectivity index (χ1n) is 10.1. The van der Waals surface area contributed by atoms with Crippen molar-refractivity contribution in [3.63, 3.8) is 0 Å². The maximum Gasteiger partial charge on any atom is 0.141 e. The van der Waals surface area contributed by atoms with Crippen molar-refractivity contribution in [1.82, 2.24) is 4.98 Å². The predicted molar refractivity (Wildman–Crippen MR) is 115 cm³/mol. The van der Waals surface area contributed by atoms with Crippen LogP contribution >= 0.6 is 0 Å². The van der Waals surface area contributed by atoms with Gasteiger partial charge in [0.05, 0.1) is 23.0 Å². The van der Waals surface area contributed by atoms with Crippen molar-refractivity contribution >= 4 is 0 Å². The number of nitriles is 1. The summed E-state index contributed by atoms with van der Waals surface area (Å²) in [7, 11) is 0. The molecule has 0 aliphatic carbocycles. The smallest absolute Gasteiger partial charge is 0.141 e. The van der Waals surface area contributed by atoms with Crippen LogP contribution in [0.25, 0.3) is 11.3 Å². The lowest BCUT2D eigenvalue weighted by Crippen LogP contribution is -2.10. The fourth-order valence-electron chi connectivity index (χ4n) is 3.25. The number of aromatic nitrogens is 1. The summed E-state index contributed by atoms with van der Waals surface area (Å²) in [6, 6.07) is 20.9. The summed E-state index contributed by atoms with van der Waals surface area (Å²) in [5.41, 5.74) is 4.21. The van der Waals surface area contributed by atoms with Gasteiger partial charge in [-0.25, -0.2) is 4.98 Å². The normalized spacial score (nSPS) is 11.6. The molecule has 1 N–H and O–H groups in total. The SMILES string of the molecule is CCCCC(Oc1ccc(O)c(CC)c1)c1cccc(-c2ccc(C#N)cc2)n1. The predicted octanol–water partition coefficient (Wildman–Crippen LogP) is 6.20. The minimum absolute atomic E-state index is 0.164. The van der Waals surface area contributed by atoms with Gasteiger partial charge in [0.2, 0.25) is 0 Å². The Balaban J connectivity index is 1.89. The van der Waals surface area contributed by atoms with Gasteiger partial charge in [0.25, 0.3) is 0 Å². The third kappa shape index (κ3) is 5.14. The zero-order valence-corrected chi connectivity index (χ0v) is 16.9. The van der Waals surface area contributed by atoms with Gasteiger partial charge in [-0.15, -0.1) is 0 Å². The van der Waals surface area contributed by atoms with Crippen molar-refractivity contribution in [3.05, 3.63) is 77.5 Å². The van der Waals surface area contributed by atoms with Crippen molar-refractivity contribution in [2.45, 2.75) is 45.6 Å². The highest BCUT2D eigenvalue weighted by atomic mass is 16.5. The topological polar surface area (TPSA) is 66.1 Å². The van der Waals surface area contributed by atoms with E-state index in [1.807, 2.05) is 43.3 Å². The number of hydrogen-bond donors (Lipinski definition) is 1. The second-order valence-corrected chi connectivity index (χ2v) is 7.03. The summed E-state index contributed by atoms with van der Waals surface area (Å²) in [5.74, 6) is 1.04. The Morgan fingerprint density at radius 3 is 2.55 bits per heavy atom. The van der Waals surface area contributed by atoms with Crippen molar-refractivity contribution in [2.24, 2.45) is 0 Å². The average Bonchev–Trinajstić information content (AvgIpc) is 2.77. The van der Waals surface area contributed by atoms with Gasteiger partial charge in [0.15, 0.2) is 0 Å². The number of nitrogens with zero attached hydrogens (tertiary/aromatic N) is 2. The summed E-state index contributed by atoms with van der Waals surface area (Å²) >= 11 is 0. The lowest BCUT2D eigenvalue weighted by Gasteiger charge is -2.20. The van der Waals surface area contributed by atoms with Crippen molar-refractivity contribution in [2.75, 3.05) is 0 Å². The van der Waals surface area contributed by atoms with E-state index in [-0.39, 0.29) is 6.10 Å². The van der Waals surface area contributed by atoms with E-state index in [1.54, 1.807) is 24.3 Å². The summed E-state index contributed by atoms with van der Waals surface area (Å²) in [6.07, 6.45) is 3.55. The van der Waals surface area contributed by atoms with E-state index < -0.39 is 0 Å². The van der Waals surface area contributed by atoms with Gasteiger partial charge in [-0.2, -0.15) is 5.26 Å². The molecule has 2 aromatic carbocycles. The van der Waals surface area contributed by atoms with Crippen LogP contribution in [-0.2, 0) is 6.42 Å². The molecule has 1 heterocycles. The molecule has 1 unspecified atom stereocenters. The van der Waals surface area contributed by atoms with E-state index in [0.717, 1.165) is 53.9 Å². The average molecular weight is 386 g/mol. The number of pyridine rings is 1. The molecule has 3 rings (SSSR count). The number of rotatable bonds is 8. The molecule has 4 nitrogen and oxygen atoms in total. The van der Waals surface area contributed by atoms with Gasteiger partial charge in [0, 0.05) is 5.56 Å². The van der Waals surface area contributed by atoms with Crippen LogP contribution < -0.4 is 4.74 Å². The van der Waals surface area contributed by atoms with Crippen molar-refractivity contribution < 1.29 is 9.84 Å². The zero-order valence-electron chi connectivity index (χ0n) is 16.9. The lowest BCUT2D eigenvalue weighted by molar-refractivity contribution is 0.186. The second kappa shape index (κ2) is 9.75. The third-order valence-corrected chi connectivity index (χ3v) is 4.94. The summed E-state index contributed by atoms with van der Waals surface area (Å²) in [6.45, 7) is 4.17. The second-order valence-electron chi connectivity index (χ2n) is 7.03. The molecule has 4 heteroatoms. The quantitative estimate of drug-likeness (QED) is 0.500. The highest BCUT2D eigenvalue weighted by Crippen LogP contribution is 2.30. The van der Waals surface area contributed by atoms with E-state index in [0.29, 0.717) is 11.3 Å². The number of phenols is 1. The Morgan fingerprint density at radius 1 is 1.07 bits per heavy atom. The number of aryl methyl sites for hydroxylation is 1. The maximum atomic E-state index is 9.94. The first-order valence-corrected chi connectivity index (χ1v) is 10.1. The Hall–Kier alpha value is -3.32. The van der Waals surface area contributed by atoms with Gasteiger partial charge < -0.3 is 9.84 Å². The standard InChI is InChI=1S/C25H26N2O2/c1-3-5-9-25(29-21-14-15-24(28)19(4-2)16-21)23-8-6-7-22(27-23)20-12-10-18(17-26)11-13-20/h6-8,10-16,25,28H,3-5,9H2,1-2H3. The number of benzene rings is 2. The van der Waals surface area contributed by atoms with Gasteiger partial charge in [-0.05, 0) is 67.3 Å². The number of hydrogen-bond acceptors (Lipinski definition) is 4. The van der Waals surface area contributed by atoms with Gasteiger partial charge in [-0.3, -0.25) is 0 Å². The summed E-state index contributed by atoms with van der Waals surface area (Å²) < 4.78 is 6.31. The van der Waals surface area contributed by atoms with Crippen LogP contribution in [0.2, 0.25) is 0 Å². The third-order valence-electron chi connectivity index (χ3n) is 4.94. The van der Waals surface area contributed by atoms with Crippen LogP contribution in [0.3, 0.4) is 0 Å². The fraction of sp³-hybridized carbons (Fsp3) is 0.280. The molecule has 0 saturated heterocycles. The van der Waals surface area contributed by atoms with Gasteiger partial charge >= 0.3 is 0 Å². The van der Waals surface area contributed by atoms with E-state index in [1.165, 1.54) is 0 Å². The van der Waals surface area contributed by atoms with Crippen molar-refractivity contribution in [3.8, 4) is 28.8 Å². The van der Waals surface area contributed by atoms with E-state index in [4.69, 9.17) is 15.0 Å². The van der Waals surface area contributed by atoms with Crippen LogP contribution in [0.5, 0.6) is 11.5 Å². The van der Waals surface area contributed by atoms with Crippen LogP contribution in [0.15, 0.2) is 60.7 Å². The molecule has 0 radical (unpaired) electrons. The Morgan fingerprint density at radius 2 is 1.86 bits per heavy atom. The molecule has 29 heavy (non-hydrogen) atoms. The molecule has 0 amide bonds. The first-order chi connectivity index (χ1) is 14.1. The molecule has 1 aromatic heterocycles. The highest BCUT2D eigenvalue weighted by Gasteiger charge is 2.16. The molecule has 0 aliphatic heterocycles. The summed E-state index contributed by atoms with van der Waals surface area (Å²) in [4.78, 5) is 4.85. The number of unbranched alkanes of at least 4 members (excludes halogenated alkanes) is 1. The lowest BCUT2D eigenvalue weighted by atomic mass is 10.1. The molecule has 0 spiro atoms. The maximum absolute atomic E-state index is 9.94. The van der Waals surface area contributed by atoms with E-state index in [9.17, 15) is 5.11 Å². The van der Waals surface area contributed by atoms with Crippen LogP contribution in [0.4, 0.5) is 0 Å². The van der Waals surface area contributed by atoms with E-state index in [2.05, 4.69) is 13.0 Å². The summed E-state index contributed by atoms with van der Waals surface area (Å²) in [5, 5.41) is 18.9. The fourth-order valence-corrected chi connectivity index (χ4v) is 3.25. The monoisotopic (exact) mass is 386 g/mol. The number of phenolic OH excluding ortho intramolecular Hbond substituents is 1. The Labute approximate surface area is 172 Å². The molecular weight excluding hydrogens is 360 g/mol. The molecule has 3 aromatic rings. The Kier molecular flexibility index (Phi) is 6.86. The zero-order chi connectivity index (χ0) is 20.6. The first kappa shape index (κ1) is 20.4.